The molecule has 0 saturated heterocycles. The van der Waals surface area contributed by atoms with E-state index in [1.54, 1.807) is 7.05 Å². The van der Waals surface area contributed by atoms with Crippen LogP contribution in [0.4, 0.5) is 0 Å². The number of hydrogen-bond donors (Lipinski definition) is 3. The highest BCUT2D eigenvalue weighted by Gasteiger charge is 2.16. The maximum atomic E-state index is 10.9. The van der Waals surface area contributed by atoms with Gasteiger partial charge in [-0.1, -0.05) is 13.8 Å². The number of amides is 1. The van der Waals surface area contributed by atoms with Crippen LogP contribution in [0.1, 0.15) is 39.5 Å². The van der Waals surface area contributed by atoms with Gasteiger partial charge < -0.3 is 15.7 Å². The van der Waals surface area contributed by atoms with Gasteiger partial charge in [-0.3, -0.25) is 4.79 Å². The van der Waals surface area contributed by atoms with Crippen molar-refractivity contribution in [2.75, 3.05) is 26.7 Å². The van der Waals surface area contributed by atoms with Gasteiger partial charge in [-0.25, -0.2) is 0 Å². The average molecular weight is 230 g/mol. The first-order valence-corrected chi connectivity index (χ1v) is 6.04. The number of hydrogen-bond acceptors (Lipinski definition) is 3. The van der Waals surface area contributed by atoms with Crippen LogP contribution in [0.25, 0.3) is 0 Å². The zero-order chi connectivity index (χ0) is 12.4. The number of carbonyl (C=O) groups excluding carboxylic acids is 1. The molecule has 0 saturated carbocycles. The number of carbonyl (C=O) groups is 1. The fraction of sp³-hybridized carbons (Fsp3) is 0.917. The molecule has 4 nitrogen and oxygen atoms in total. The first-order valence-electron chi connectivity index (χ1n) is 6.04. The molecule has 0 unspecified atom stereocenters. The second kappa shape index (κ2) is 8.53. The lowest BCUT2D eigenvalue weighted by Gasteiger charge is -2.24. The van der Waals surface area contributed by atoms with Crippen LogP contribution >= 0.6 is 0 Å². The largest absolute Gasteiger partial charge is 0.396 e. The molecule has 3 N–H and O–H groups in total. The van der Waals surface area contributed by atoms with Gasteiger partial charge >= 0.3 is 0 Å². The zero-order valence-electron chi connectivity index (χ0n) is 10.8. The quantitative estimate of drug-likeness (QED) is 0.516. The number of aliphatic hydroxyl groups excluding tert-OH is 1. The van der Waals surface area contributed by atoms with E-state index in [1.807, 2.05) is 0 Å². The lowest BCUT2D eigenvalue weighted by Crippen LogP contribution is -2.31. The van der Waals surface area contributed by atoms with Gasteiger partial charge in [0.2, 0.25) is 5.91 Å². The minimum absolute atomic E-state index is 0.0985. The summed E-state index contributed by atoms with van der Waals surface area (Å²) in [7, 11) is 1.66. The third kappa shape index (κ3) is 8.68. The molecule has 0 aromatic heterocycles. The normalized spacial score (nSPS) is 11.5. The average Bonchev–Trinajstić information content (AvgIpc) is 2.25. The van der Waals surface area contributed by atoms with Crippen molar-refractivity contribution in [1.29, 1.82) is 0 Å². The van der Waals surface area contributed by atoms with E-state index in [4.69, 9.17) is 5.11 Å². The van der Waals surface area contributed by atoms with E-state index in [9.17, 15) is 4.79 Å². The van der Waals surface area contributed by atoms with Crippen LogP contribution in [0.2, 0.25) is 0 Å². The summed E-state index contributed by atoms with van der Waals surface area (Å²) in [6.45, 7) is 6.44. The maximum Gasteiger partial charge on any atom is 0.219 e. The molecule has 0 aromatic rings. The van der Waals surface area contributed by atoms with E-state index in [-0.39, 0.29) is 17.9 Å². The van der Waals surface area contributed by atoms with Gasteiger partial charge in [-0.05, 0) is 31.2 Å². The third-order valence-corrected chi connectivity index (χ3v) is 2.65. The van der Waals surface area contributed by atoms with Crippen molar-refractivity contribution < 1.29 is 9.90 Å². The van der Waals surface area contributed by atoms with Crippen molar-refractivity contribution >= 4 is 5.91 Å². The summed E-state index contributed by atoms with van der Waals surface area (Å²) in [5.74, 6) is 0.0985. The van der Waals surface area contributed by atoms with Gasteiger partial charge in [-0.2, -0.15) is 0 Å². The molecule has 0 aliphatic rings. The van der Waals surface area contributed by atoms with Crippen molar-refractivity contribution in [3.8, 4) is 0 Å². The summed E-state index contributed by atoms with van der Waals surface area (Å²) >= 11 is 0. The third-order valence-electron chi connectivity index (χ3n) is 2.65. The van der Waals surface area contributed by atoms with Crippen molar-refractivity contribution in [3.63, 3.8) is 0 Å². The van der Waals surface area contributed by atoms with E-state index >= 15 is 0 Å². The molecule has 0 rings (SSSR count). The Morgan fingerprint density at radius 3 is 2.56 bits per heavy atom. The molecule has 0 spiro atoms. The van der Waals surface area contributed by atoms with E-state index in [1.165, 1.54) is 0 Å². The topological polar surface area (TPSA) is 61.4 Å². The number of aliphatic hydroxyl groups is 1. The molecule has 0 radical (unpaired) electrons. The molecular weight excluding hydrogens is 204 g/mol. The predicted molar refractivity (Wildman–Crippen MR) is 66.3 cm³/mol. The molecule has 0 fully saturated rings. The summed E-state index contributed by atoms with van der Waals surface area (Å²) < 4.78 is 0. The summed E-state index contributed by atoms with van der Waals surface area (Å²) in [5.41, 5.74) is 0.218. The standard InChI is InChI=1S/C12H26N2O2/c1-12(2,7-5-9-15)10-14-8-4-6-11(16)13-3/h14-15H,4-10H2,1-3H3,(H,13,16). The molecule has 0 aromatic carbocycles. The zero-order valence-corrected chi connectivity index (χ0v) is 10.8. The van der Waals surface area contributed by atoms with Gasteiger partial charge in [-0.15, -0.1) is 0 Å². The molecule has 0 atom stereocenters. The van der Waals surface area contributed by atoms with Gasteiger partial charge in [0.1, 0.15) is 0 Å². The minimum Gasteiger partial charge on any atom is -0.396 e. The summed E-state index contributed by atoms with van der Waals surface area (Å²) in [5, 5.41) is 14.7. The Morgan fingerprint density at radius 2 is 2.00 bits per heavy atom. The SMILES string of the molecule is CNC(=O)CCCNCC(C)(C)CCCO. The summed E-state index contributed by atoms with van der Waals surface area (Å²) in [6, 6.07) is 0. The van der Waals surface area contributed by atoms with Crippen LogP contribution in [0.15, 0.2) is 0 Å². The summed E-state index contributed by atoms with van der Waals surface area (Å²) in [6.07, 6.45) is 3.33. The Balaban J connectivity index is 3.46. The maximum absolute atomic E-state index is 10.9. The Bertz CT molecular complexity index is 193. The van der Waals surface area contributed by atoms with E-state index in [2.05, 4.69) is 24.5 Å². The molecule has 0 bridgehead atoms. The van der Waals surface area contributed by atoms with E-state index in [0.29, 0.717) is 6.42 Å². The predicted octanol–water partition coefficient (Wildman–Crippen LogP) is 0.901. The van der Waals surface area contributed by atoms with Crippen LogP contribution < -0.4 is 10.6 Å². The Labute approximate surface area is 98.8 Å². The second-order valence-corrected chi connectivity index (χ2v) is 4.94. The van der Waals surface area contributed by atoms with Crippen LogP contribution in [-0.4, -0.2) is 37.8 Å². The molecule has 4 heteroatoms. The van der Waals surface area contributed by atoms with Crippen molar-refractivity contribution in [1.82, 2.24) is 10.6 Å². The Morgan fingerprint density at radius 1 is 1.31 bits per heavy atom. The summed E-state index contributed by atoms with van der Waals surface area (Å²) in [4.78, 5) is 10.9. The lowest BCUT2D eigenvalue weighted by molar-refractivity contribution is -0.120. The number of nitrogens with one attached hydrogen (secondary N) is 2. The molecule has 0 aliphatic carbocycles. The van der Waals surface area contributed by atoms with Crippen LogP contribution in [0.5, 0.6) is 0 Å². The van der Waals surface area contributed by atoms with Gasteiger partial charge in [0, 0.05) is 26.6 Å². The Kier molecular flexibility index (Phi) is 8.21. The van der Waals surface area contributed by atoms with Crippen molar-refractivity contribution in [2.24, 2.45) is 5.41 Å². The second-order valence-electron chi connectivity index (χ2n) is 4.94. The van der Waals surface area contributed by atoms with Gasteiger partial charge in [0.05, 0.1) is 0 Å². The van der Waals surface area contributed by atoms with E-state index in [0.717, 1.165) is 32.4 Å². The highest BCUT2D eigenvalue weighted by molar-refractivity contribution is 5.75. The fourth-order valence-corrected chi connectivity index (χ4v) is 1.57. The van der Waals surface area contributed by atoms with Gasteiger partial charge in [0.15, 0.2) is 0 Å². The first-order chi connectivity index (χ1) is 7.52. The van der Waals surface area contributed by atoms with Gasteiger partial charge in [0.25, 0.3) is 0 Å². The molecule has 0 aliphatic heterocycles. The monoisotopic (exact) mass is 230 g/mol. The van der Waals surface area contributed by atoms with Crippen LogP contribution in [0, 0.1) is 5.41 Å². The Hall–Kier alpha value is -0.610. The minimum atomic E-state index is 0.0985. The molecular formula is C12H26N2O2. The highest BCUT2D eigenvalue weighted by atomic mass is 16.2. The molecule has 96 valence electrons. The smallest absolute Gasteiger partial charge is 0.219 e. The van der Waals surface area contributed by atoms with Crippen LogP contribution in [0.3, 0.4) is 0 Å². The van der Waals surface area contributed by atoms with E-state index < -0.39 is 0 Å². The highest BCUT2D eigenvalue weighted by Crippen LogP contribution is 2.20. The molecule has 0 heterocycles. The van der Waals surface area contributed by atoms with Crippen molar-refractivity contribution in [3.05, 3.63) is 0 Å². The fourth-order valence-electron chi connectivity index (χ4n) is 1.57. The van der Waals surface area contributed by atoms with Crippen LogP contribution in [-0.2, 0) is 4.79 Å². The molecule has 1 amide bonds. The van der Waals surface area contributed by atoms with Crippen molar-refractivity contribution in [2.45, 2.75) is 39.5 Å². The first kappa shape index (κ1) is 15.4. The number of rotatable bonds is 9. The lowest BCUT2D eigenvalue weighted by atomic mass is 9.88. The molecule has 16 heavy (non-hydrogen) atoms.